The van der Waals surface area contributed by atoms with Crippen molar-refractivity contribution in [3.05, 3.63) is 39.4 Å². The molecule has 0 saturated heterocycles. The van der Waals surface area contributed by atoms with E-state index in [1.807, 2.05) is 13.8 Å². The standard InChI is InChI=1S/C15H20N2S/c1-8-6-10(3)13(7-9(8)2)15-17-12(5)14(18-15)11(4)16/h6-7,11H,16H2,1-5H3. The lowest BCUT2D eigenvalue weighted by Crippen LogP contribution is -2.03. The molecule has 1 unspecified atom stereocenters. The second kappa shape index (κ2) is 4.82. The number of benzene rings is 1. The molecule has 18 heavy (non-hydrogen) atoms. The number of hydrogen-bond acceptors (Lipinski definition) is 3. The van der Waals surface area contributed by atoms with Crippen LogP contribution in [0.2, 0.25) is 0 Å². The Kier molecular flexibility index (Phi) is 3.55. The van der Waals surface area contributed by atoms with Crippen LogP contribution in [0.3, 0.4) is 0 Å². The van der Waals surface area contributed by atoms with Gasteiger partial charge in [0, 0.05) is 16.5 Å². The van der Waals surface area contributed by atoms with Crippen LogP contribution < -0.4 is 5.73 Å². The Balaban J connectivity index is 2.55. The first-order valence-corrected chi connectivity index (χ1v) is 7.03. The van der Waals surface area contributed by atoms with Crippen LogP contribution in [0.5, 0.6) is 0 Å². The molecule has 0 radical (unpaired) electrons. The highest BCUT2D eigenvalue weighted by molar-refractivity contribution is 7.15. The Morgan fingerprint density at radius 3 is 2.22 bits per heavy atom. The lowest BCUT2D eigenvalue weighted by molar-refractivity contribution is 0.825. The monoisotopic (exact) mass is 260 g/mol. The maximum atomic E-state index is 5.97. The maximum absolute atomic E-state index is 5.97. The van der Waals surface area contributed by atoms with E-state index in [0.29, 0.717) is 0 Å². The van der Waals surface area contributed by atoms with Crippen molar-refractivity contribution in [3.63, 3.8) is 0 Å². The predicted molar refractivity (Wildman–Crippen MR) is 79.1 cm³/mol. The van der Waals surface area contributed by atoms with E-state index in [9.17, 15) is 0 Å². The molecule has 0 fully saturated rings. The number of aryl methyl sites for hydroxylation is 4. The van der Waals surface area contributed by atoms with Crippen LogP contribution in [0, 0.1) is 27.7 Å². The number of hydrogen-bond donors (Lipinski definition) is 1. The number of nitrogens with zero attached hydrogens (tertiary/aromatic N) is 1. The van der Waals surface area contributed by atoms with Crippen molar-refractivity contribution in [2.75, 3.05) is 0 Å². The molecule has 0 spiro atoms. The summed E-state index contributed by atoms with van der Waals surface area (Å²) < 4.78 is 0. The van der Waals surface area contributed by atoms with Gasteiger partial charge in [0.05, 0.1) is 5.69 Å². The SMILES string of the molecule is Cc1cc(C)c(-c2nc(C)c(C(C)N)s2)cc1C. The smallest absolute Gasteiger partial charge is 0.124 e. The van der Waals surface area contributed by atoms with E-state index in [1.165, 1.54) is 27.1 Å². The molecule has 1 aromatic heterocycles. The molecule has 0 aliphatic heterocycles. The highest BCUT2D eigenvalue weighted by Crippen LogP contribution is 2.33. The minimum Gasteiger partial charge on any atom is -0.323 e. The van der Waals surface area contributed by atoms with Crippen molar-refractivity contribution in [2.45, 2.75) is 40.7 Å². The maximum Gasteiger partial charge on any atom is 0.124 e. The summed E-state index contributed by atoms with van der Waals surface area (Å²) >= 11 is 1.71. The Hall–Kier alpha value is -1.19. The van der Waals surface area contributed by atoms with Gasteiger partial charge in [0.2, 0.25) is 0 Å². The topological polar surface area (TPSA) is 38.9 Å². The molecule has 2 aromatic rings. The summed E-state index contributed by atoms with van der Waals surface area (Å²) in [4.78, 5) is 5.86. The molecule has 1 atom stereocenters. The summed E-state index contributed by atoms with van der Waals surface area (Å²) in [7, 11) is 0. The third kappa shape index (κ3) is 2.33. The minimum atomic E-state index is 0.0584. The van der Waals surface area contributed by atoms with E-state index in [-0.39, 0.29) is 6.04 Å². The van der Waals surface area contributed by atoms with Crippen LogP contribution in [0.15, 0.2) is 12.1 Å². The summed E-state index contributed by atoms with van der Waals surface area (Å²) in [6.07, 6.45) is 0. The average molecular weight is 260 g/mol. The van der Waals surface area contributed by atoms with Crippen molar-refractivity contribution in [1.82, 2.24) is 4.98 Å². The van der Waals surface area contributed by atoms with Gasteiger partial charge in [-0.1, -0.05) is 6.07 Å². The van der Waals surface area contributed by atoms with Gasteiger partial charge < -0.3 is 5.73 Å². The molecule has 3 heteroatoms. The van der Waals surface area contributed by atoms with Gasteiger partial charge >= 0.3 is 0 Å². The van der Waals surface area contributed by atoms with Crippen LogP contribution in [-0.4, -0.2) is 4.98 Å². The summed E-state index contributed by atoms with van der Waals surface area (Å²) in [6.45, 7) is 10.5. The molecule has 1 aromatic carbocycles. The van der Waals surface area contributed by atoms with Crippen molar-refractivity contribution >= 4 is 11.3 Å². The Morgan fingerprint density at radius 2 is 1.67 bits per heavy atom. The van der Waals surface area contributed by atoms with E-state index in [1.54, 1.807) is 11.3 Å². The minimum absolute atomic E-state index is 0.0584. The zero-order valence-corrected chi connectivity index (χ0v) is 12.5. The number of nitrogens with two attached hydrogens (primary N) is 1. The van der Waals surface area contributed by atoms with E-state index in [0.717, 1.165) is 10.7 Å². The van der Waals surface area contributed by atoms with Gasteiger partial charge in [-0.25, -0.2) is 4.98 Å². The molecule has 2 rings (SSSR count). The van der Waals surface area contributed by atoms with Crippen LogP contribution in [-0.2, 0) is 0 Å². The second-order valence-corrected chi connectivity index (χ2v) is 6.04. The Morgan fingerprint density at radius 1 is 1.06 bits per heavy atom. The summed E-state index contributed by atoms with van der Waals surface area (Å²) in [5.74, 6) is 0. The van der Waals surface area contributed by atoms with Crippen molar-refractivity contribution < 1.29 is 0 Å². The largest absolute Gasteiger partial charge is 0.323 e. The van der Waals surface area contributed by atoms with Gasteiger partial charge in [-0.3, -0.25) is 0 Å². The highest BCUT2D eigenvalue weighted by atomic mass is 32.1. The normalized spacial score (nSPS) is 12.8. The first-order valence-electron chi connectivity index (χ1n) is 6.21. The molecule has 0 amide bonds. The molecular weight excluding hydrogens is 240 g/mol. The highest BCUT2D eigenvalue weighted by Gasteiger charge is 2.14. The lowest BCUT2D eigenvalue weighted by Gasteiger charge is -2.07. The zero-order valence-electron chi connectivity index (χ0n) is 11.7. The summed E-state index contributed by atoms with van der Waals surface area (Å²) in [6, 6.07) is 4.52. The first-order chi connectivity index (χ1) is 8.40. The van der Waals surface area contributed by atoms with Gasteiger partial charge in [-0.05, 0) is 57.4 Å². The van der Waals surface area contributed by atoms with E-state index in [2.05, 4.69) is 37.9 Å². The van der Waals surface area contributed by atoms with Gasteiger partial charge in [-0.2, -0.15) is 0 Å². The molecule has 0 aliphatic rings. The van der Waals surface area contributed by atoms with Gasteiger partial charge in [-0.15, -0.1) is 11.3 Å². The van der Waals surface area contributed by atoms with Crippen molar-refractivity contribution in [1.29, 1.82) is 0 Å². The van der Waals surface area contributed by atoms with Gasteiger partial charge in [0.1, 0.15) is 5.01 Å². The lowest BCUT2D eigenvalue weighted by atomic mass is 10.0. The van der Waals surface area contributed by atoms with Crippen LogP contribution in [0.4, 0.5) is 0 Å². The molecule has 2 nitrogen and oxygen atoms in total. The van der Waals surface area contributed by atoms with E-state index >= 15 is 0 Å². The van der Waals surface area contributed by atoms with Crippen molar-refractivity contribution in [3.8, 4) is 10.6 Å². The van der Waals surface area contributed by atoms with Crippen molar-refractivity contribution in [2.24, 2.45) is 5.73 Å². The third-order valence-electron chi connectivity index (χ3n) is 3.32. The predicted octanol–water partition coefficient (Wildman–Crippen LogP) is 4.06. The molecular formula is C15H20N2S. The average Bonchev–Trinajstić information content (AvgIpc) is 2.65. The zero-order chi connectivity index (χ0) is 13.4. The molecule has 96 valence electrons. The number of aromatic nitrogens is 1. The van der Waals surface area contributed by atoms with Gasteiger partial charge in [0.25, 0.3) is 0 Å². The van der Waals surface area contributed by atoms with Crippen LogP contribution in [0.25, 0.3) is 10.6 Å². The quantitative estimate of drug-likeness (QED) is 0.884. The van der Waals surface area contributed by atoms with Crippen LogP contribution in [0.1, 0.15) is 40.2 Å². The second-order valence-electron chi connectivity index (χ2n) is 5.01. The fourth-order valence-corrected chi connectivity index (χ4v) is 3.24. The number of thiazole rings is 1. The Bertz CT molecular complexity index is 582. The molecule has 1 heterocycles. The van der Waals surface area contributed by atoms with E-state index in [4.69, 9.17) is 5.73 Å². The molecule has 0 saturated carbocycles. The Labute approximate surface area is 113 Å². The molecule has 0 bridgehead atoms. The van der Waals surface area contributed by atoms with E-state index < -0.39 is 0 Å². The molecule has 0 aliphatic carbocycles. The third-order valence-corrected chi connectivity index (χ3v) is 4.71. The first kappa shape index (κ1) is 13.2. The fraction of sp³-hybridized carbons (Fsp3) is 0.400. The number of rotatable bonds is 2. The fourth-order valence-electron chi connectivity index (χ4n) is 2.14. The summed E-state index contributed by atoms with van der Waals surface area (Å²) in [5.41, 5.74) is 12.2. The molecule has 2 N–H and O–H groups in total. The van der Waals surface area contributed by atoms with Crippen LogP contribution >= 0.6 is 11.3 Å². The van der Waals surface area contributed by atoms with Gasteiger partial charge in [0.15, 0.2) is 0 Å². The summed E-state index contributed by atoms with van der Waals surface area (Å²) in [5, 5.41) is 1.08.